The third-order valence-electron chi connectivity index (χ3n) is 2.74. The van der Waals surface area contributed by atoms with E-state index < -0.39 is 0 Å². The molecule has 2 aromatic rings. The molecule has 19 heavy (non-hydrogen) atoms. The van der Waals surface area contributed by atoms with Crippen LogP contribution in [0.15, 0.2) is 44.7 Å². The summed E-state index contributed by atoms with van der Waals surface area (Å²) in [4.78, 5) is 7.67. The molecule has 0 aromatic carbocycles. The summed E-state index contributed by atoms with van der Waals surface area (Å²) >= 11 is 7.20. The number of halogens is 1. The fourth-order valence-corrected chi connectivity index (χ4v) is 4.41. The van der Waals surface area contributed by atoms with Crippen LogP contribution in [0.4, 0.5) is 0 Å². The monoisotopic (exact) mass is 356 g/mol. The van der Waals surface area contributed by atoms with Crippen LogP contribution in [0.25, 0.3) is 0 Å². The van der Waals surface area contributed by atoms with Crippen LogP contribution in [0, 0.1) is 0 Å². The van der Waals surface area contributed by atoms with Crippen molar-refractivity contribution < 1.29 is 0 Å². The van der Waals surface area contributed by atoms with Crippen LogP contribution in [0.1, 0.15) is 17.2 Å². The summed E-state index contributed by atoms with van der Waals surface area (Å²) in [5.41, 5.74) is 1.35. The van der Waals surface area contributed by atoms with E-state index in [4.69, 9.17) is 0 Å². The van der Waals surface area contributed by atoms with E-state index in [9.17, 15) is 0 Å². The highest BCUT2D eigenvalue weighted by atomic mass is 79.9. The molecule has 0 aliphatic heterocycles. The van der Waals surface area contributed by atoms with Gasteiger partial charge in [0.05, 0.1) is 3.79 Å². The molecular formula is C14H17BrN2S2. The minimum Gasteiger partial charge on any atom is -0.309 e. The van der Waals surface area contributed by atoms with Crippen molar-refractivity contribution in [3.05, 3.63) is 45.3 Å². The average molecular weight is 357 g/mol. The van der Waals surface area contributed by atoms with E-state index in [-0.39, 0.29) is 0 Å². The normalized spacial score (nSPS) is 12.8. The van der Waals surface area contributed by atoms with E-state index in [1.54, 1.807) is 11.3 Å². The van der Waals surface area contributed by atoms with Gasteiger partial charge in [-0.05, 0) is 66.8 Å². The fraction of sp³-hybridized carbons (Fsp3) is 0.357. The lowest BCUT2D eigenvalue weighted by Gasteiger charge is -2.18. The lowest BCUT2D eigenvalue weighted by molar-refractivity contribution is 0.399. The molecule has 0 saturated heterocycles. The van der Waals surface area contributed by atoms with Crippen LogP contribution in [0.2, 0.25) is 0 Å². The number of thiophene rings is 1. The molecule has 0 saturated carbocycles. The van der Waals surface area contributed by atoms with Gasteiger partial charge >= 0.3 is 0 Å². The van der Waals surface area contributed by atoms with Crippen molar-refractivity contribution in [2.75, 3.05) is 20.6 Å². The summed E-state index contributed by atoms with van der Waals surface area (Å²) < 4.78 is 1.19. The number of thioether (sulfide) groups is 1. The van der Waals surface area contributed by atoms with Crippen LogP contribution < -0.4 is 0 Å². The highest BCUT2D eigenvalue weighted by Gasteiger charge is 2.14. The second-order valence-electron chi connectivity index (χ2n) is 4.57. The molecule has 0 radical (unpaired) electrons. The first-order valence-corrected chi connectivity index (χ1v) is 8.65. The highest BCUT2D eigenvalue weighted by Crippen LogP contribution is 2.40. The molecule has 1 unspecified atom stereocenters. The molecule has 2 heterocycles. The van der Waals surface area contributed by atoms with Gasteiger partial charge in [0.2, 0.25) is 0 Å². The maximum atomic E-state index is 4.11. The Balaban J connectivity index is 2.10. The Morgan fingerprint density at radius 1 is 1.37 bits per heavy atom. The Kier molecular flexibility index (Phi) is 5.88. The third kappa shape index (κ3) is 4.91. The summed E-state index contributed by atoms with van der Waals surface area (Å²) in [5.74, 6) is 0. The molecule has 0 bridgehead atoms. The average Bonchev–Trinajstić information content (AvgIpc) is 2.81. The minimum absolute atomic E-state index is 0.479. The Morgan fingerprint density at radius 2 is 2.11 bits per heavy atom. The Morgan fingerprint density at radius 3 is 2.68 bits per heavy atom. The molecule has 0 aliphatic rings. The van der Waals surface area contributed by atoms with E-state index in [0.29, 0.717) is 5.25 Å². The molecule has 2 rings (SSSR count). The van der Waals surface area contributed by atoms with Gasteiger partial charge in [-0.15, -0.1) is 23.1 Å². The Hall–Kier alpha value is -0.360. The van der Waals surface area contributed by atoms with Crippen LogP contribution >= 0.6 is 39.0 Å². The minimum atomic E-state index is 0.479. The summed E-state index contributed by atoms with van der Waals surface area (Å²) in [6.45, 7) is 1.09. The van der Waals surface area contributed by atoms with Gasteiger partial charge in [-0.3, -0.25) is 4.98 Å². The summed E-state index contributed by atoms with van der Waals surface area (Å²) in [6.07, 6.45) is 4.89. The van der Waals surface area contributed by atoms with Gasteiger partial charge in [0.25, 0.3) is 0 Å². The Bertz CT molecular complexity index is 499. The molecule has 0 aliphatic carbocycles. The molecular weight excluding hydrogens is 340 g/mol. The van der Waals surface area contributed by atoms with E-state index >= 15 is 0 Å². The first kappa shape index (κ1) is 15.0. The molecule has 2 nitrogen and oxygen atoms in total. The molecule has 2 aromatic heterocycles. The number of hydrogen-bond acceptors (Lipinski definition) is 4. The van der Waals surface area contributed by atoms with Crippen LogP contribution in [-0.4, -0.2) is 30.5 Å². The van der Waals surface area contributed by atoms with E-state index in [1.165, 1.54) is 14.2 Å². The van der Waals surface area contributed by atoms with Gasteiger partial charge in [0, 0.05) is 27.9 Å². The molecule has 0 spiro atoms. The summed E-state index contributed by atoms with van der Waals surface area (Å²) in [6, 6.07) is 6.43. The number of aromatic nitrogens is 1. The maximum absolute atomic E-state index is 4.11. The lowest BCUT2D eigenvalue weighted by Crippen LogP contribution is -2.15. The predicted molar refractivity (Wildman–Crippen MR) is 88.0 cm³/mol. The topological polar surface area (TPSA) is 16.1 Å². The van der Waals surface area contributed by atoms with Gasteiger partial charge in [-0.25, -0.2) is 0 Å². The van der Waals surface area contributed by atoms with Crippen molar-refractivity contribution in [1.82, 2.24) is 9.88 Å². The van der Waals surface area contributed by atoms with Crippen LogP contribution in [0.3, 0.4) is 0 Å². The van der Waals surface area contributed by atoms with Gasteiger partial charge in [-0.2, -0.15) is 0 Å². The largest absolute Gasteiger partial charge is 0.309 e. The zero-order chi connectivity index (χ0) is 13.7. The number of hydrogen-bond donors (Lipinski definition) is 0. The van der Waals surface area contributed by atoms with E-state index in [0.717, 1.165) is 13.0 Å². The van der Waals surface area contributed by atoms with Crippen LogP contribution in [-0.2, 0) is 0 Å². The quantitative estimate of drug-likeness (QED) is 0.698. The first-order valence-electron chi connectivity index (χ1n) is 6.10. The van der Waals surface area contributed by atoms with Crippen molar-refractivity contribution in [3.63, 3.8) is 0 Å². The summed E-state index contributed by atoms with van der Waals surface area (Å²) in [7, 11) is 4.24. The number of pyridine rings is 1. The molecule has 1 atom stereocenters. The Labute approximate surface area is 131 Å². The van der Waals surface area contributed by atoms with Crippen molar-refractivity contribution in [2.45, 2.75) is 16.6 Å². The van der Waals surface area contributed by atoms with Crippen molar-refractivity contribution in [1.29, 1.82) is 0 Å². The second-order valence-corrected chi connectivity index (χ2v) is 8.13. The second kappa shape index (κ2) is 7.43. The number of rotatable bonds is 6. The zero-order valence-corrected chi connectivity index (χ0v) is 14.3. The van der Waals surface area contributed by atoms with Crippen molar-refractivity contribution in [3.8, 4) is 0 Å². The van der Waals surface area contributed by atoms with E-state index in [2.05, 4.69) is 63.5 Å². The van der Waals surface area contributed by atoms with Gasteiger partial charge < -0.3 is 4.90 Å². The zero-order valence-electron chi connectivity index (χ0n) is 11.0. The van der Waals surface area contributed by atoms with Gasteiger partial charge in [0.1, 0.15) is 0 Å². The molecule has 102 valence electrons. The highest BCUT2D eigenvalue weighted by molar-refractivity contribution is 9.11. The van der Waals surface area contributed by atoms with Crippen molar-refractivity contribution in [2.24, 2.45) is 0 Å². The van der Waals surface area contributed by atoms with E-state index in [1.807, 2.05) is 24.2 Å². The smallest absolute Gasteiger partial charge is 0.0709 e. The standard InChI is InChI=1S/C14H17BrN2S2/c1-17(2)8-5-13(11-3-6-16-7-4-11)19-12-9-14(15)18-10-12/h3-4,6-7,9-10,13H,5,8H2,1-2H3. The van der Waals surface area contributed by atoms with Crippen LogP contribution in [0.5, 0.6) is 0 Å². The predicted octanol–water partition coefficient (Wildman–Crippen LogP) is 4.69. The third-order valence-corrected chi connectivity index (χ3v) is 5.69. The fourth-order valence-electron chi connectivity index (χ4n) is 1.77. The van der Waals surface area contributed by atoms with Crippen molar-refractivity contribution >= 4 is 39.0 Å². The van der Waals surface area contributed by atoms with Gasteiger partial charge in [-0.1, -0.05) is 0 Å². The first-order chi connectivity index (χ1) is 9.15. The SMILES string of the molecule is CN(C)CCC(Sc1csc(Br)c1)c1ccncc1. The molecule has 0 fully saturated rings. The maximum Gasteiger partial charge on any atom is 0.0709 e. The molecule has 0 N–H and O–H groups in total. The lowest BCUT2D eigenvalue weighted by atomic mass is 10.1. The molecule has 5 heteroatoms. The summed E-state index contributed by atoms with van der Waals surface area (Å²) in [5, 5.41) is 2.69. The number of nitrogens with zero attached hydrogens (tertiary/aromatic N) is 2. The molecule has 0 amide bonds. The van der Waals surface area contributed by atoms with Gasteiger partial charge in [0.15, 0.2) is 0 Å².